The zero-order chi connectivity index (χ0) is 15.6. The molecule has 3 nitrogen and oxygen atoms in total. The van der Waals surface area contributed by atoms with Crippen LogP contribution in [0.15, 0.2) is 48.5 Å². The quantitative estimate of drug-likeness (QED) is 0.669. The van der Waals surface area contributed by atoms with Crippen LogP contribution in [0.25, 0.3) is 0 Å². The minimum Gasteiger partial charge on any atom is -0.384 e. The second kappa shape index (κ2) is 5.47. The summed E-state index contributed by atoms with van der Waals surface area (Å²) in [4.78, 5) is 1.64. The Morgan fingerprint density at radius 2 is 1.67 bits per heavy atom. The summed E-state index contributed by atoms with van der Waals surface area (Å²) in [5.41, 5.74) is 5.14. The molecular formula is C15H14F3N3. The highest BCUT2D eigenvalue weighted by molar-refractivity contribution is 5.97. The average molecular weight is 293 g/mol. The highest BCUT2D eigenvalue weighted by Crippen LogP contribution is 2.35. The number of benzene rings is 2. The van der Waals surface area contributed by atoms with Crippen molar-refractivity contribution >= 4 is 17.2 Å². The minimum absolute atomic E-state index is 0.312. The lowest BCUT2D eigenvalue weighted by molar-refractivity contribution is -0.137. The molecule has 0 saturated carbocycles. The number of nitrogens with one attached hydrogen (secondary N) is 1. The van der Waals surface area contributed by atoms with Crippen LogP contribution in [0.4, 0.5) is 24.5 Å². The number of alkyl halides is 3. The summed E-state index contributed by atoms with van der Waals surface area (Å²) in [5, 5.41) is 7.26. The van der Waals surface area contributed by atoms with Crippen molar-refractivity contribution in [2.75, 3.05) is 11.9 Å². The molecule has 0 atom stereocenters. The van der Waals surface area contributed by atoms with E-state index in [0.717, 1.165) is 11.8 Å². The first-order valence-corrected chi connectivity index (χ1v) is 6.15. The summed E-state index contributed by atoms with van der Waals surface area (Å²) in [7, 11) is 1.68. The maximum Gasteiger partial charge on any atom is 0.417 e. The predicted octanol–water partition coefficient (Wildman–Crippen LogP) is 3.76. The van der Waals surface area contributed by atoms with E-state index in [1.54, 1.807) is 36.2 Å². The molecule has 2 aromatic rings. The van der Waals surface area contributed by atoms with Crippen molar-refractivity contribution in [1.29, 1.82) is 5.41 Å². The van der Waals surface area contributed by atoms with Crippen LogP contribution in [0.5, 0.6) is 0 Å². The number of para-hydroxylation sites is 1. The maximum atomic E-state index is 13.1. The molecule has 0 aromatic heterocycles. The van der Waals surface area contributed by atoms with Crippen LogP contribution in [0.3, 0.4) is 0 Å². The molecule has 2 rings (SSSR count). The van der Waals surface area contributed by atoms with Gasteiger partial charge >= 0.3 is 6.18 Å². The first-order valence-electron chi connectivity index (χ1n) is 6.15. The molecule has 0 saturated heterocycles. The maximum absolute atomic E-state index is 13.1. The standard InChI is InChI=1S/C15H14F3N3/c1-21(10-5-3-2-4-6-10)11-7-8-12(14(19)20)13(9-11)15(16,17)18/h2-9H,1H3,(H3,19,20). The average Bonchev–Trinajstić information content (AvgIpc) is 2.45. The minimum atomic E-state index is -4.56. The highest BCUT2D eigenvalue weighted by atomic mass is 19.4. The third-order valence-electron chi connectivity index (χ3n) is 3.13. The van der Waals surface area contributed by atoms with Crippen LogP contribution >= 0.6 is 0 Å². The van der Waals surface area contributed by atoms with E-state index in [0.29, 0.717) is 5.69 Å². The fourth-order valence-electron chi connectivity index (χ4n) is 2.01. The van der Waals surface area contributed by atoms with Crippen molar-refractivity contribution in [3.8, 4) is 0 Å². The molecule has 0 heterocycles. The van der Waals surface area contributed by atoms with Crippen molar-refractivity contribution in [1.82, 2.24) is 0 Å². The fourth-order valence-corrected chi connectivity index (χ4v) is 2.01. The molecule has 0 aliphatic carbocycles. The van der Waals surface area contributed by atoms with Crippen molar-refractivity contribution in [2.45, 2.75) is 6.18 Å². The van der Waals surface area contributed by atoms with Gasteiger partial charge in [0, 0.05) is 24.0 Å². The molecule has 110 valence electrons. The lowest BCUT2D eigenvalue weighted by Gasteiger charge is -2.22. The van der Waals surface area contributed by atoms with Gasteiger partial charge in [-0.1, -0.05) is 18.2 Å². The molecular weight excluding hydrogens is 279 g/mol. The van der Waals surface area contributed by atoms with Gasteiger partial charge in [0.1, 0.15) is 5.84 Å². The van der Waals surface area contributed by atoms with Gasteiger partial charge in [-0.2, -0.15) is 13.2 Å². The summed E-state index contributed by atoms with van der Waals surface area (Å²) in [6.07, 6.45) is -4.56. The first kappa shape index (κ1) is 14.9. The molecule has 0 unspecified atom stereocenters. The summed E-state index contributed by atoms with van der Waals surface area (Å²) in [6, 6.07) is 12.8. The molecule has 3 N–H and O–H groups in total. The van der Waals surface area contributed by atoms with E-state index >= 15 is 0 Å². The number of nitrogens with two attached hydrogens (primary N) is 1. The van der Waals surface area contributed by atoms with Gasteiger partial charge in [0.15, 0.2) is 0 Å². The van der Waals surface area contributed by atoms with Gasteiger partial charge in [0.25, 0.3) is 0 Å². The van der Waals surface area contributed by atoms with Crippen LogP contribution in [-0.2, 0) is 6.18 Å². The second-order valence-electron chi connectivity index (χ2n) is 4.54. The lowest BCUT2D eigenvalue weighted by atomic mass is 10.0. The Morgan fingerprint density at radius 1 is 1.05 bits per heavy atom. The Labute approximate surface area is 120 Å². The summed E-state index contributed by atoms with van der Waals surface area (Å²) >= 11 is 0. The summed E-state index contributed by atoms with van der Waals surface area (Å²) in [5.74, 6) is -0.601. The summed E-state index contributed by atoms with van der Waals surface area (Å²) < 4.78 is 39.3. The van der Waals surface area contributed by atoms with Gasteiger partial charge in [-0.25, -0.2) is 0 Å². The number of nitrogens with zero attached hydrogens (tertiary/aromatic N) is 1. The first-order chi connectivity index (χ1) is 9.80. The van der Waals surface area contributed by atoms with Gasteiger partial charge in [-0.05, 0) is 30.3 Å². The zero-order valence-corrected chi connectivity index (χ0v) is 11.3. The molecule has 2 aromatic carbocycles. The molecule has 0 aliphatic heterocycles. The molecule has 0 aliphatic rings. The Hall–Kier alpha value is -2.50. The number of hydrogen-bond donors (Lipinski definition) is 2. The van der Waals surface area contributed by atoms with Gasteiger partial charge in [0.2, 0.25) is 0 Å². The van der Waals surface area contributed by atoms with E-state index in [9.17, 15) is 13.2 Å². The molecule has 21 heavy (non-hydrogen) atoms. The molecule has 0 bridgehead atoms. The van der Waals surface area contributed by atoms with E-state index in [-0.39, 0.29) is 5.56 Å². The zero-order valence-electron chi connectivity index (χ0n) is 11.3. The normalized spacial score (nSPS) is 11.2. The van der Waals surface area contributed by atoms with Crippen LogP contribution in [0.1, 0.15) is 11.1 Å². The monoisotopic (exact) mass is 293 g/mol. The number of anilines is 2. The third kappa shape index (κ3) is 3.16. The van der Waals surface area contributed by atoms with Crippen LogP contribution in [-0.4, -0.2) is 12.9 Å². The SMILES string of the molecule is CN(c1ccccc1)c1ccc(C(=N)N)c(C(F)(F)F)c1. The van der Waals surface area contributed by atoms with Gasteiger partial charge in [-0.3, -0.25) is 5.41 Å². The molecule has 0 radical (unpaired) electrons. The third-order valence-corrected chi connectivity index (χ3v) is 3.13. The number of hydrogen-bond acceptors (Lipinski definition) is 2. The Bertz CT molecular complexity index is 651. The van der Waals surface area contributed by atoms with Gasteiger partial charge in [-0.15, -0.1) is 0 Å². The Balaban J connectivity index is 2.50. The topological polar surface area (TPSA) is 53.1 Å². The van der Waals surface area contributed by atoms with Crippen LogP contribution in [0, 0.1) is 5.41 Å². The molecule has 0 spiro atoms. The van der Waals surface area contributed by atoms with Crippen molar-refractivity contribution in [2.24, 2.45) is 5.73 Å². The van der Waals surface area contributed by atoms with Gasteiger partial charge in [0.05, 0.1) is 5.56 Å². The predicted molar refractivity (Wildman–Crippen MR) is 77.0 cm³/mol. The molecule has 0 fully saturated rings. The number of amidine groups is 1. The van der Waals surface area contributed by atoms with Crippen molar-refractivity contribution in [3.63, 3.8) is 0 Å². The van der Waals surface area contributed by atoms with E-state index < -0.39 is 17.6 Å². The van der Waals surface area contributed by atoms with Crippen molar-refractivity contribution < 1.29 is 13.2 Å². The van der Waals surface area contributed by atoms with E-state index in [1.165, 1.54) is 12.1 Å². The van der Waals surface area contributed by atoms with Crippen molar-refractivity contribution in [3.05, 3.63) is 59.7 Å². The van der Waals surface area contributed by atoms with Crippen LogP contribution < -0.4 is 10.6 Å². The van der Waals surface area contributed by atoms with Gasteiger partial charge < -0.3 is 10.6 Å². The second-order valence-corrected chi connectivity index (χ2v) is 4.54. The number of nitrogen functional groups attached to an aromatic ring is 1. The van der Waals surface area contributed by atoms with E-state index in [1.807, 2.05) is 6.07 Å². The number of rotatable bonds is 3. The Morgan fingerprint density at radius 3 is 2.19 bits per heavy atom. The highest BCUT2D eigenvalue weighted by Gasteiger charge is 2.34. The van der Waals surface area contributed by atoms with E-state index in [4.69, 9.17) is 11.1 Å². The smallest absolute Gasteiger partial charge is 0.384 e. The Kier molecular flexibility index (Phi) is 3.88. The number of halogens is 3. The molecule has 0 amide bonds. The van der Waals surface area contributed by atoms with E-state index in [2.05, 4.69) is 0 Å². The largest absolute Gasteiger partial charge is 0.417 e. The van der Waals surface area contributed by atoms with Crippen LogP contribution in [0.2, 0.25) is 0 Å². The summed E-state index contributed by atoms with van der Waals surface area (Å²) in [6.45, 7) is 0. The molecule has 6 heteroatoms. The fraction of sp³-hybridized carbons (Fsp3) is 0.133. The lowest BCUT2D eigenvalue weighted by Crippen LogP contribution is -2.20.